The van der Waals surface area contributed by atoms with Gasteiger partial charge in [-0.3, -0.25) is 0 Å². The minimum atomic E-state index is -3.64. The Morgan fingerprint density at radius 3 is 2.67 bits per heavy atom. The number of sulfone groups is 1. The molecule has 0 bridgehead atoms. The van der Waals surface area contributed by atoms with Gasteiger partial charge in [0.1, 0.15) is 12.4 Å². The van der Waals surface area contributed by atoms with Crippen molar-refractivity contribution < 1.29 is 22.7 Å². The molecule has 108 valence electrons. The summed E-state index contributed by atoms with van der Waals surface area (Å²) in [7, 11) is -3.64. The number of halogens is 1. The molecule has 0 fully saturated rings. The van der Waals surface area contributed by atoms with Crippen molar-refractivity contribution in [3.8, 4) is 11.5 Å². The molecular weight excluding hydrogens is 295 g/mol. The standard InChI is InChI=1S/C15H11FO4S/c16-13-3-1-2-4-14(13)20-9-12-8-10-7-11(17)5-6-15(10)21(12,18)19/h1-8,17H,9H2. The van der Waals surface area contributed by atoms with Crippen LogP contribution in [0.4, 0.5) is 4.39 Å². The molecule has 0 atom stereocenters. The quantitative estimate of drug-likeness (QED) is 0.947. The van der Waals surface area contributed by atoms with Gasteiger partial charge in [-0.15, -0.1) is 0 Å². The lowest BCUT2D eigenvalue weighted by Gasteiger charge is -2.08. The predicted octanol–water partition coefficient (Wildman–Crippen LogP) is 2.74. The van der Waals surface area contributed by atoms with Crippen LogP contribution in [0.1, 0.15) is 5.56 Å². The van der Waals surface area contributed by atoms with Gasteiger partial charge in [-0.05, 0) is 42.0 Å². The smallest absolute Gasteiger partial charge is 0.206 e. The lowest BCUT2D eigenvalue weighted by Crippen LogP contribution is -2.09. The van der Waals surface area contributed by atoms with Crippen LogP contribution in [0.3, 0.4) is 0 Å². The van der Waals surface area contributed by atoms with E-state index in [4.69, 9.17) is 4.74 Å². The van der Waals surface area contributed by atoms with E-state index in [0.29, 0.717) is 5.56 Å². The number of ether oxygens (including phenoxy) is 1. The highest BCUT2D eigenvalue weighted by Gasteiger charge is 2.30. The Hall–Kier alpha value is -2.34. The zero-order chi connectivity index (χ0) is 15.0. The average molecular weight is 306 g/mol. The van der Waals surface area contributed by atoms with E-state index in [0.717, 1.165) is 0 Å². The van der Waals surface area contributed by atoms with E-state index in [1.807, 2.05) is 0 Å². The zero-order valence-corrected chi connectivity index (χ0v) is 11.6. The van der Waals surface area contributed by atoms with Crippen molar-refractivity contribution in [1.29, 1.82) is 0 Å². The van der Waals surface area contributed by atoms with Gasteiger partial charge in [-0.2, -0.15) is 0 Å². The topological polar surface area (TPSA) is 63.6 Å². The summed E-state index contributed by atoms with van der Waals surface area (Å²) in [5.41, 5.74) is 0.405. The molecule has 6 heteroatoms. The van der Waals surface area contributed by atoms with E-state index in [9.17, 15) is 17.9 Å². The van der Waals surface area contributed by atoms with E-state index in [1.54, 1.807) is 6.07 Å². The van der Waals surface area contributed by atoms with Gasteiger partial charge in [-0.25, -0.2) is 12.8 Å². The average Bonchev–Trinajstić information content (AvgIpc) is 2.68. The van der Waals surface area contributed by atoms with Gasteiger partial charge in [-0.1, -0.05) is 12.1 Å². The molecule has 1 N–H and O–H groups in total. The molecule has 0 aromatic heterocycles. The van der Waals surface area contributed by atoms with Crippen LogP contribution in [0.5, 0.6) is 11.5 Å². The molecule has 1 aliphatic rings. The largest absolute Gasteiger partial charge is 0.508 e. The number of hydrogen-bond acceptors (Lipinski definition) is 4. The molecule has 2 aromatic rings. The summed E-state index contributed by atoms with van der Waals surface area (Å²) >= 11 is 0. The lowest BCUT2D eigenvalue weighted by atomic mass is 10.2. The summed E-state index contributed by atoms with van der Waals surface area (Å²) < 4.78 is 43.2. The second kappa shape index (κ2) is 4.89. The van der Waals surface area contributed by atoms with Gasteiger partial charge < -0.3 is 9.84 Å². The summed E-state index contributed by atoms with van der Waals surface area (Å²) in [6.45, 7) is -0.265. The minimum absolute atomic E-state index is 0.00703. The van der Waals surface area contributed by atoms with Crippen molar-refractivity contribution in [2.45, 2.75) is 4.90 Å². The number of phenolic OH excluding ortho intramolecular Hbond substituents is 1. The fraction of sp³-hybridized carbons (Fsp3) is 0.0667. The third-order valence-electron chi connectivity index (χ3n) is 3.15. The second-order valence-corrected chi connectivity index (χ2v) is 6.53. The number of phenols is 1. The Morgan fingerprint density at radius 2 is 1.90 bits per heavy atom. The molecule has 0 aliphatic carbocycles. The van der Waals surface area contributed by atoms with Crippen molar-refractivity contribution in [3.63, 3.8) is 0 Å². The maximum atomic E-state index is 13.4. The molecule has 2 aromatic carbocycles. The Balaban J connectivity index is 1.88. The highest BCUT2D eigenvalue weighted by molar-refractivity contribution is 7.95. The molecule has 0 saturated heterocycles. The number of hydrogen-bond donors (Lipinski definition) is 1. The van der Waals surface area contributed by atoms with E-state index in [-0.39, 0.29) is 27.9 Å². The fourth-order valence-electron chi connectivity index (χ4n) is 2.12. The molecule has 0 saturated carbocycles. The summed E-state index contributed by atoms with van der Waals surface area (Å²) in [6.07, 6.45) is 1.42. The van der Waals surface area contributed by atoms with Gasteiger partial charge in [0, 0.05) is 0 Å². The van der Waals surface area contributed by atoms with Crippen LogP contribution >= 0.6 is 0 Å². The molecule has 3 rings (SSSR count). The normalized spacial score (nSPS) is 15.4. The molecule has 21 heavy (non-hydrogen) atoms. The van der Waals surface area contributed by atoms with Crippen LogP contribution in [0.2, 0.25) is 0 Å². The Bertz CT molecular complexity index is 841. The first-order valence-electron chi connectivity index (χ1n) is 6.14. The number of aromatic hydroxyl groups is 1. The third-order valence-corrected chi connectivity index (χ3v) is 5.03. The number of rotatable bonds is 3. The van der Waals surface area contributed by atoms with Crippen molar-refractivity contribution in [2.24, 2.45) is 0 Å². The van der Waals surface area contributed by atoms with Crippen LogP contribution < -0.4 is 4.74 Å². The van der Waals surface area contributed by atoms with Crippen LogP contribution in [0, 0.1) is 5.82 Å². The Morgan fingerprint density at radius 1 is 1.14 bits per heavy atom. The summed E-state index contributed by atoms with van der Waals surface area (Å²) in [4.78, 5) is 0.152. The first-order chi connectivity index (χ1) is 9.98. The van der Waals surface area contributed by atoms with Crippen LogP contribution in [0.15, 0.2) is 52.3 Å². The first-order valence-corrected chi connectivity index (χ1v) is 7.63. The van der Waals surface area contributed by atoms with Crippen molar-refractivity contribution in [3.05, 3.63) is 58.8 Å². The molecule has 0 amide bonds. The van der Waals surface area contributed by atoms with Crippen LogP contribution in [0.25, 0.3) is 6.08 Å². The van der Waals surface area contributed by atoms with Crippen LogP contribution in [-0.2, 0) is 9.84 Å². The Labute approximate surface area is 121 Å². The molecule has 1 aliphatic heterocycles. The predicted molar refractivity (Wildman–Crippen MR) is 75.2 cm³/mol. The monoisotopic (exact) mass is 306 g/mol. The van der Waals surface area contributed by atoms with Gasteiger partial charge in [0.2, 0.25) is 9.84 Å². The van der Waals surface area contributed by atoms with E-state index < -0.39 is 15.7 Å². The molecule has 4 nitrogen and oxygen atoms in total. The van der Waals surface area contributed by atoms with Crippen LogP contribution in [-0.4, -0.2) is 20.1 Å². The molecule has 0 radical (unpaired) electrons. The molecule has 0 unspecified atom stereocenters. The van der Waals surface area contributed by atoms with Gasteiger partial charge in [0.25, 0.3) is 0 Å². The van der Waals surface area contributed by atoms with E-state index in [1.165, 1.54) is 42.5 Å². The van der Waals surface area contributed by atoms with Gasteiger partial charge in [0.15, 0.2) is 11.6 Å². The highest BCUT2D eigenvalue weighted by atomic mass is 32.2. The van der Waals surface area contributed by atoms with Gasteiger partial charge >= 0.3 is 0 Å². The van der Waals surface area contributed by atoms with E-state index in [2.05, 4.69) is 0 Å². The highest BCUT2D eigenvalue weighted by Crippen LogP contribution is 2.35. The second-order valence-electron chi connectivity index (χ2n) is 4.56. The van der Waals surface area contributed by atoms with Crippen molar-refractivity contribution in [1.82, 2.24) is 0 Å². The maximum absolute atomic E-state index is 13.4. The number of benzene rings is 2. The van der Waals surface area contributed by atoms with Crippen molar-refractivity contribution >= 4 is 15.9 Å². The Kier molecular flexibility index (Phi) is 3.17. The summed E-state index contributed by atoms with van der Waals surface area (Å²) in [5.74, 6) is -0.576. The van der Waals surface area contributed by atoms with E-state index >= 15 is 0 Å². The van der Waals surface area contributed by atoms with Gasteiger partial charge in [0.05, 0.1) is 9.80 Å². The lowest BCUT2D eigenvalue weighted by molar-refractivity contribution is 0.338. The zero-order valence-electron chi connectivity index (χ0n) is 10.8. The first kappa shape index (κ1) is 13.6. The number of fused-ring (bicyclic) bond motifs is 1. The summed E-state index contributed by atoms with van der Waals surface area (Å²) in [6, 6.07) is 9.80. The molecule has 1 heterocycles. The molecule has 0 spiro atoms. The molecular formula is C15H11FO4S. The van der Waals surface area contributed by atoms with Crippen molar-refractivity contribution in [2.75, 3.05) is 6.61 Å². The number of para-hydroxylation sites is 1. The SMILES string of the molecule is O=S1(=O)C(COc2ccccc2F)=Cc2cc(O)ccc21. The maximum Gasteiger partial charge on any atom is 0.206 e. The summed E-state index contributed by atoms with van der Waals surface area (Å²) in [5, 5.41) is 9.39. The third kappa shape index (κ3) is 2.38. The minimum Gasteiger partial charge on any atom is -0.508 e. The fourth-order valence-corrected chi connectivity index (χ4v) is 3.57.